The number of hydrogen-bond donors (Lipinski definition) is 1. The van der Waals surface area contributed by atoms with Gasteiger partial charge in [0.15, 0.2) is 0 Å². The Morgan fingerprint density at radius 1 is 1.19 bits per heavy atom. The van der Waals surface area contributed by atoms with Crippen LogP contribution in [-0.2, 0) is 4.79 Å². The van der Waals surface area contributed by atoms with Crippen molar-refractivity contribution in [1.29, 1.82) is 0 Å². The minimum absolute atomic E-state index is 0.101. The molecule has 1 saturated heterocycles. The maximum absolute atomic E-state index is 12.6. The smallest absolute Gasteiger partial charge is 0.227 e. The molecule has 0 unspecified atom stereocenters. The first-order valence-corrected chi connectivity index (χ1v) is 9.72. The highest BCUT2D eigenvalue weighted by Gasteiger charge is 2.24. The highest BCUT2D eigenvalue weighted by Crippen LogP contribution is 2.21. The summed E-state index contributed by atoms with van der Waals surface area (Å²) in [5.41, 5.74) is 5.30. The van der Waals surface area contributed by atoms with E-state index < -0.39 is 0 Å². The summed E-state index contributed by atoms with van der Waals surface area (Å²) >= 11 is 0. The predicted octanol–water partition coefficient (Wildman–Crippen LogP) is 4.11. The van der Waals surface area contributed by atoms with Crippen LogP contribution in [0.4, 0.5) is 5.69 Å². The number of hydrogen-bond acceptors (Lipinski definition) is 3. The van der Waals surface area contributed by atoms with E-state index in [-0.39, 0.29) is 11.8 Å². The van der Waals surface area contributed by atoms with Crippen LogP contribution in [0.15, 0.2) is 42.0 Å². The van der Waals surface area contributed by atoms with Crippen molar-refractivity contribution in [2.24, 2.45) is 5.92 Å². The number of carbonyl (C=O) groups is 1. The lowest BCUT2D eigenvalue weighted by Gasteiger charge is -2.30. The molecule has 1 aromatic heterocycles. The summed E-state index contributed by atoms with van der Waals surface area (Å²) in [5, 5.41) is 7.57. The van der Waals surface area contributed by atoms with Crippen molar-refractivity contribution in [3.63, 3.8) is 0 Å². The molecule has 1 N–H and O–H groups in total. The van der Waals surface area contributed by atoms with E-state index >= 15 is 0 Å². The van der Waals surface area contributed by atoms with E-state index in [0.717, 1.165) is 55.2 Å². The van der Waals surface area contributed by atoms with Crippen LogP contribution in [0.2, 0.25) is 0 Å². The Labute approximate surface area is 162 Å². The van der Waals surface area contributed by atoms with Crippen molar-refractivity contribution in [3.8, 4) is 5.69 Å². The van der Waals surface area contributed by atoms with Gasteiger partial charge in [-0.05, 0) is 84.0 Å². The molecule has 0 saturated carbocycles. The van der Waals surface area contributed by atoms with E-state index in [0.29, 0.717) is 0 Å². The number of likely N-dealkylation sites (tertiary alicyclic amines) is 1. The third-order valence-corrected chi connectivity index (χ3v) is 5.11. The molecule has 3 rings (SSSR count). The fourth-order valence-electron chi connectivity index (χ4n) is 3.51. The van der Waals surface area contributed by atoms with Gasteiger partial charge in [0.05, 0.1) is 11.4 Å². The maximum atomic E-state index is 12.6. The third-order valence-electron chi connectivity index (χ3n) is 5.11. The van der Waals surface area contributed by atoms with Gasteiger partial charge in [-0.1, -0.05) is 11.6 Å². The molecular weight excluding hydrogens is 336 g/mol. The van der Waals surface area contributed by atoms with Crippen LogP contribution < -0.4 is 5.32 Å². The Kier molecular flexibility index (Phi) is 6.11. The summed E-state index contributed by atoms with van der Waals surface area (Å²) < 4.78 is 1.92. The molecule has 144 valence electrons. The molecule has 0 radical (unpaired) electrons. The van der Waals surface area contributed by atoms with E-state index in [2.05, 4.69) is 41.3 Å². The van der Waals surface area contributed by atoms with Gasteiger partial charge in [0.25, 0.3) is 0 Å². The molecule has 1 fully saturated rings. The summed E-state index contributed by atoms with van der Waals surface area (Å²) in [6.07, 6.45) is 4.10. The molecule has 2 aromatic rings. The number of anilines is 1. The number of piperidine rings is 1. The van der Waals surface area contributed by atoms with Crippen LogP contribution in [0.1, 0.15) is 38.1 Å². The summed E-state index contributed by atoms with van der Waals surface area (Å²) in [7, 11) is 0. The molecule has 5 heteroatoms. The number of aromatic nitrogens is 2. The molecule has 27 heavy (non-hydrogen) atoms. The number of carbonyl (C=O) groups excluding carboxylic acids is 1. The van der Waals surface area contributed by atoms with Crippen LogP contribution in [0.25, 0.3) is 5.69 Å². The lowest BCUT2D eigenvalue weighted by molar-refractivity contribution is -0.121. The predicted molar refractivity (Wildman–Crippen MR) is 110 cm³/mol. The number of nitrogens with one attached hydrogen (secondary N) is 1. The molecule has 1 aliphatic heterocycles. The van der Waals surface area contributed by atoms with Gasteiger partial charge in [0.1, 0.15) is 0 Å². The van der Waals surface area contributed by atoms with Crippen LogP contribution >= 0.6 is 0 Å². The fourth-order valence-corrected chi connectivity index (χ4v) is 3.51. The number of allylic oxidation sites excluding steroid dienone is 1. The minimum Gasteiger partial charge on any atom is -0.326 e. The van der Waals surface area contributed by atoms with Crippen molar-refractivity contribution < 1.29 is 4.79 Å². The van der Waals surface area contributed by atoms with Crippen LogP contribution in [0.3, 0.4) is 0 Å². The number of amides is 1. The second-order valence-corrected chi connectivity index (χ2v) is 7.73. The first-order valence-electron chi connectivity index (χ1n) is 9.72. The molecule has 1 aromatic carbocycles. The maximum Gasteiger partial charge on any atom is 0.227 e. The van der Waals surface area contributed by atoms with Gasteiger partial charge in [-0.3, -0.25) is 9.69 Å². The monoisotopic (exact) mass is 366 g/mol. The molecule has 1 amide bonds. The van der Waals surface area contributed by atoms with Gasteiger partial charge < -0.3 is 5.32 Å². The topological polar surface area (TPSA) is 50.2 Å². The fraction of sp³-hybridized carbons (Fsp3) is 0.455. The van der Waals surface area contributed by atoms with Gasteiger partial charge in [-0.2, -0.15) is 5.10 Å². The largest absolute Gasteiger partial charge is 0.326 e. The second kappa shape index (κ2) is 8.53. The molecule has 0 aliphatic carbocycles. The molecular formula is C22H30N4O. The average molecular weight is 367 g/mol. The van der Waals surface area contributed by atoms with Crippen LogP contribution in [-0.4, -0.2) is 40.2 Å². The average Bonchev–Trinajstić information content (AvgIpc) is 2.99. The zero-order valence-corrected chi connectivity index (χ0v) is 16.8. The molecule has 0 atom stereocenters. The van der Waals surface area contributed by atoms with Crippen molar-refractivity contribution >= 4 is 11.6 Å². The molecule has 2 heterocycles. The number of rotatable bonds is 5. The Bertz CT molecular complexity index is 807. The van der Waals surface area contributed by atoms with Gasteiger partial charge in [0.2, 0.25) is 5.91 Å². The van der Waals surface area contributed by atoms with E-state index in [1.165, 1.54) is 5.57 Å². The van der Waals surface area contributed by atoms with Crippen molar-refractivity contribution in [1.82, 2.24) is 14.7 Å². The standard InChI is InChI=1S/C22H30N4O/c1-16(2)9-12-25-13-10-19(11-14-25)22(27)23-20-5-7-21(8-6-20)26-18(4)15-17(3)24-26/h5-9,15,19H,10-14H2,1-4H3,(H,23,27). The Hall–Kier alpha value is -2.40. The van der Waals surface area contributed by atoms with E-state index in [1.807, 2.05) is 42.8 Å². The van der Waals surface area contributed by atoms with Gasteiger partial charge in [-0.15, -0.1) is 0 Å². The molecule has 0 spiro atoms. The molecule has 5 nitrogen and oxygen atoms in total. The minimum atomic E-state index is 0.101. The lowest BCUT2D eigenvalue weighted by atomic mass is 9.95. The first kappa shape index (κ1) is 19.4. The number of nitrogens with zero attached hydrogens (tertiary/aromatic N) is 3. The Balaban J connectivity index is 1.54. The second-order valence-electron chi connectivity index (χ2n) is 7.73. The van der Waals surface area contributed by atoms with Gasteiger partial charge >= 0.3 is 0 Å². The Morgan fingerprint density at radius 2 is 1.85 bits per heavy atom. The normalized spacial score (nSPS) is 15.6. The van der Waals surface area contributed by atoms with Gasteiger partial charge in [-0.25, -0.2) is 4.68 Å². The summed E-state index contributed by atoms with van der Waals surface area (Å²) in [6, 6.07) is 9.95. The zero-order valence-electron chi connectivity index (χ0n) is 16.8. The van der Waals surface area contributed by atoms with Crippen molar-refractivity contribution in [2.75, 3.05) is 25.0 Å². The highest BCUT2D eigenvalue weighted by atomic mass is 16.1. The number of benzene rings is 1. The van der Waals surface area contributed by atoms with Gasteiger partial charge in [0, 0.05) is 23.8 Å². The zero-order chi connectivity index (χ0) is 19.4. The van der Waals surface area contributed by atoms with E-state index in [4.69, 9.17) is 0 Å². The third kappa shape index (κ3) is 5.07. The number of aryl methyl sites for hydroxylation is 2. The van der Waals surface area contributed by atoms with Crippen LogP contribution in [0, 0.1) is 19.8 Å². The first-order chi connectivity index (χ1) is 12.9. The van der Waals surface area contributed by atoms with E-state index in [9.17, 15) is 4.79 Å². The summed E-state index contributed by atoms with van der Waals surface area (Å²) in [5.74, 6) is 0.236. The highest BCUT2D eigenvalue weighted by molar-refractivity contribution is 5.92. The van der Waals surface area contributed by atoms with E-state index in [1.54, 1.807) is 0 Å². The SMILES string of the molecule is CC(C)=CCN1CCC(C(=O)Nc2ccc(-n3nc(C)cc3C)cc2)CC1. The van der Waals surface area contributed by atoms with Crippen molar-refractivity contribution in [2.45, 2.75) is 40.5 Å². The van der Waals surface area contributed by atoms with Crippen LogP contribution in [0.5, 0.6) is 0 Å². The summed E-state index contributed by atoms with van der Waals surface area (Å²) in [4.78, 5) is 15.0. The molecule has 1 aliphatic rings. The molecule has 0 bridgehead atoms. The Morgan fingerprint density at radius 3 is 2.41 bits per heavy atom. The quantitative estimate of drug-likeness (QED) is 0.811. The summed E-state index contributed by atoms with van der Waals surface area (Å²) in [6.45, 7) is 11.2. The lowest BCUT2D eigenvalue weighted by Crippen LogP contribution is -2.38. The van der Waals surface area contributed by atoms with Crippen molar-refractivity contribution in [3.05, 3.63) is 53.4 Å².